The molecular weight excluding hydrogens is 466 g/mol. The first-order valence-corrected chi connectivity index (χ1v) is 12.7. The highest BCUT2D eigenvalue weighted by Gasteiger charge is 2.27. The Balaban J connectivity index is 1.75. The van der Waals surface area contributed by atoms with Gasteiger partial charge in [0.1, 0.15) is 11.8 Å². The minimum atomic E-state index is -3.90. The third-order valence-corrected chi connectivity index (χ3v) is 6.95. The second kappa shape index (κ2) is 11.5. The number of hydrogen-bond acceptors (Lipinski definition) is 5. The normalized spacial score (nSPS) is 12.8. The van der Waals surface area contributed by atoms with E-state index in [2.05, 4.69) is 15.4 Å². The van der Waals surface area contributed by atoms with Crippen molar-refractivity contribution in [3.63, 3.8) is 0 Å². The zero-order valence-electron chi connectivity index (χ0n) is 19.8. The summed E-state index contributed by atoms with van der Waals surface area (Å²) < 4.78 is 33.3. The number of benzene rings is 3. The molecule has 3 aromatic carbocycles. The monoisotopic (exact) mass is 495 g/mol. The van der Waals surface area contributed by atoms with Crippen LogP contribution < -0.4 is 20.1 Å². The van der Waals surface area contributed by atoms with E-state index in [1.165, 1.54) is 19.2 Å². The summed E-state index contributed by atoms with van der Waals surface area (Å²) in [5, 5.41) is 5.54. The van der Waals surface area contributed by atoms with Gasteiger partial charge in [0.05, 0.1) is 12.0 Å². The van der Waals surface area contributed by atoms with E-state index in [1.807, 2.05) is 13.8 Å². The number of carbonyl (C=O) groups excluding carboxylic acids is 2. The van der Waals surface area contributed by atoms with E-state index in [-0.39, 0.29) is 16.7 Å². The number of methoxy groups -OCH3 is 1. The molecule has 0 saturated heterocycles. The van der Waals surface area contributed by atoms with Crippen LogP contribution in [0.3, 0.4) is 0 Å². The van der Waals surface area contributed by atoms with Gasteiger partial charge in [0, 0.05) is 16.9 Å². The van der Waals surface area contributed by atoms with Crippen LogP contribution in [0.1, 0.15) is 30.6 Å². The fraction of sp³-hybridized carbons (Fsp3) is 0.231. The van der Waals surface area contributed by atoms with Crippen molar-refractivity contribution >= 4 is 33.2 Å². The van der Waals surface area contributed by atoms with Crippen LogP contribution in [0.2, 0.25) is 0 Å². The Labute approximate surface area is 205 Å². The molecule has 9 heteroatoms. The van der Waals surface area contributed by atoms with Crippen LogP contribution in [0.15, 0.2) is 83.8 Å². The van der Waals surface area contributed by atoms with E-state index < -0.39 is 22.0 Å². The number of hydrogen-bond donors (Lipinski definition) is 3. The molecule has 35 heavy (non-hydrogen) atoms. The van der Waals surface area contributed by atoms with Gasteiger partial charge in [-0.05, 0) is 60.5 Å². The standard InChI is InChI=1S/C26H29N3O5S/c1-4-18(2)24(28-25(30)19-9-6-5-7-10-19)26(31)27-21-11-8-12-23(17-21)35(32,33)29-20-13-15-22(34-3)16-14-20/h5-18,24,29H,4H2,1-3H3,(H,27,31)(H,28,30). The third-order valence-electron chi connectivity index (χ3n) is 5.57. The van der Waals surface area contributed by atoms with Crippen molar-refractivity contribution in [2.24, 2.45) is 5.92 Å². The summed E-state index contributed by atoms with van der Waals surface area (Å²) in [6.45, 7) is 3.80. The summed E-state index contributed by atoms with van der Waals surface area (Å²) in [5.41, 5.74) is 1.13. The Bertz CT molecular complexity index is 1260. The number of sulfonamides is 1. The minimum absolute atomic E-state index is 0.0143. The molecule has 0 aliphatic carbocycles. The molecule has 0 bridgehead atoms. The van der Waals surface area contributed by atoms with Crippen LogP contribution in [0.5, 0.6) is 5.75 Å². The number of anilines is 2. The van der Waals surface area contributed by atoms with Crippen LogP contribution in [0.25, 0.3) is 0 Å². The Hall–Kier alpha value is -3.85. The van der Waals surface area contributed by atoms with Crippen molar-refractivity contribution in [2.45, 2.75) is 31.2 Å². The maximum atomic E-state index is 13.1. The van der Waals surface area contributed by atoms with Gasteiger partial charge in [0.2, 0.25) is 5.91 Å². The quantitative estimate of drug-likeness (QED) is 0.389. The van der Waals surface area contributed by atoms with E-state index in [0.717, 1.165) is 0 Å². The van der Waals surface area contributed by atoms with Crippen molar-refractivity contribution in [2.75, 3.05) is 17.1 Å². The predicted molar refractivity (Wildman–Crippen MR) is 136 cm³/mol. The maximum Gasteiger partial charge on any atom is 0.261 e. The number of nitrogens with one attached hydrogen (secondary N) is 3. The highest BCUT2D eigenvalue weighted by Crippen LogP contribution is 2.22. The third kappa shape index (κ3) is 6.83. The van der Waals surface area contributed by atoms with Crippen molar-refractivity contribution in [1.29, 1.82) is 0 Å². The topological polar surface area (TPSA) is 114 Å². The van der Waals surface area contributed by atoms with Gasteiger partial charge in [-0.3, -0.25) is 14.3 Å². The first kappa shape index (κ1) is 25.8. The van der Waals surface area contributed by atoms with Gasteiger partial charge in [0.15, 0.2) is 0 Å². The number of rotatable bonds is 10. The minimum Gasteiger partial charge on any atom is -0.497 e. The van der Waals surface area contributed by atoms with Crippen LogP contribution in [0.4, 0.5) is 11.4 Å². The Morgan fingerprint density at radius 1 is 0.914 bits per heavy atom. The summed E-state index contributed by atoms with van der Waals surface area (Å²) in [6.07, 6.45) is 0.660. The van der Waals surface area contributed by atoms with Crippen LogP contribution in [-0.4, -0.2) is 33.4 Å². The molecule has 3 rings (SSSR count). The van der Waals surface area contributed by atoms with Gasteiger partial charge >= 0.3 is 0 Å². The lowest BCUT2D eigenvalue weighted by Gasteiger charge is -2.23. The molecule has 0 aromatic heterocycles. The molecular formula is C26H29N3O5S. The molecule has 3 N–H and O–H groups in total. The van der Waals surface area contributed by atoms with Gasteiger partial charge in [-0.1, -0.05) is 44.5 Å². The first-order valence-electron chi connectivity index (χ1n) is 11.2. The molecule has 2 amide bonds. The lowest BCUT2D eigenvalue weighted by Crippen LogP contribution is -2.47. The average molecular weight is 496 g/mol. The van der Waals surface area contributed by atoms with Crippen LogP contribution >= 0.6 is 0 Å². The van der Waals surface area contributed by atoms with Gasteiger partial charge in [-0.2, -0.15) is 0 Å². The molecule has 0 spiro atoms. The smallest absolute Gasteiger partial charge is 0.261 e. The van der Waals surface area contributed by atoms with Crippen LogP contribution in [-0.2, 0) is 14.8 Å². The highest BCUT2D eigenvalue weighted by molar-refractivity contribution is 7.92. The summed E-state index contributed by atoms with van der Waals surface area (Å²) in [6, 6.07) is 20.3. The van der Waals surface area contributed by atoms with Gasteiger partial charge in [-0.25, -0.2) is 8.42 Å². The van der Waals surface area contributed by atoms with Gasteiger partial charge in [-0.15, -0.1) is 0 Å². The Morgan fingerprint density at radius 2 is 1.60 bits per heavy atom. The molecule has 2 atom stereocenters. The molecule has 0 radical (unpaired) electrons. The van der Waals surface area contributed by atoms with E-state index in [1.54, 1.807) is 66.7 Å². The van der Waals surface area contributed by atoms with E-state index in [0.29, 0.717) is 29.1 Å². The molecule has 8 nitrogen and oxygen atoms in total. The fourth-order valence-electron chi connectivity index (χ4n) is 3.35. The molecule has 184 valence electrons. The average Bonchev–Trinajstić information content (AvgIpc) is 2.87. The summed E-state index contributed by atoms with van der Waals surface area (Å²) in [7, 11) is -2.37. The molecule has 0 heterocycles. The number of carbonyl (C=O) groups is 2. The molecule has 2 unspecified atom stereocenters. The Kier molecular flexibility index (Phi) is 8.48. The molecule has 0 fully saturated rings. The second-order valence-corrected chi connectivity index (χ2v) is 9.74. The molecule has 0 aliphatic rings. The summed E-state index contributed by atoms with van der Waals surface area (Å²) >= 11 is 0. The number of ether oxygens (including phenoxy) is 1. The van der Waals surface area contributed by atoms with Gasteiger partial charge < -0.3 is 15.4 Å². The van der Waals surface area contributed by atoms with Crippen molar-refractivity contribution in [3.05, 3.63) is 84.4 Å². The predicted octanol–water partition coefficient (Wildman–Crippen LogP) is 4.28. The number of amides is 2. The van der Waals surface area contributed by atoms with Crippen molar-refractivity contribution in [1.82, 2.24) is 5.32 Å². The molecule has 3 aromatic rings. The summed E-state index contributed by atoms with van der Waals surface area (Å²) in [5.74, 6) is -0.327. The van der Waals surface area contributed by atoms with Crippen LogP contribution in [0, 0.1) is 5.92 Å². The van der Waals surface area contributed by atoms with Crippen molar-refractivity contribution in [3.8, 4) is 5.75 Å². The fourth-order valence-corrected chi connectivity index (χ4v) is 4.45. The van der Waals surface area contributed by atoms with Gasteiger partial charge in [0.25, 0.3) is 15.9 Å². The first-order chi connectivity index (χ1) is 16.7. The largest absolute Gasteiger partial charge is 0.497 e. The van der Waals surface area contributed by atoms with Crippen molar-refractivity contribution < 1.29 is 22.7 Å². The lowest BCUT2D eigenvalue weighted by molar-refractivity contribution is -0.119. The highest BCUT2D eigenvalue weighted by atomic mass is 32.2. The van der Waals surface area contributed by atoms with E-state index in [9.17, 15) is 18.0 Å². The lowest BCUT2D eigenvalue weighted by atomic mass is 9.97. The Morgan fingerprint density at radius 3 is 2.23 bits per heavy atom. The molecule has 0 aliphatic heterocycles. The molecule has 0 saturated carbocycles. The maximum absolute atomic E-state index is 13.1. The van der Waals surface area contributed by atoms with E-state index in [4.69, 9.17) is 4.74 Å². The zero-order chi connectivity index (χ0) is 25.4. The SMILES string of the molecule is CCC(C)C(NC(=O)c1ccccc1)C(=O)Nc1cccc(S(=O)(=O)Nc2ccc(OC)cc2)c1. The van der Waals surface area contributed by atoms with E-state index >= 15 is 0 Å². The summed E-state index contributed by atoms with van der Waals surface area (Å²) in [4.78, 5) is 25.7. The second-order valence-electron chi connectivity index (χ2n) is 8.05. The zero-order valence-corrected chi connectivity index (χ0v) is 20.6.